The van der Waals surface area contributed by atoms with Crippen LogP contribution in [0.25, 0.3) is 0 Å². The molecule has 1 amide bonds. The van der Waals surface area contributed by atoms with Crippen LogP contribution >= 0.6 is 0 Å². The largest absolute Gasteiger partial charge is 0.465 e. The molecule has 4 nitrogen and oxygen atoms in total. The molecule has 0 unspecified atom stereocenters. The summed E-state index contributed by atoms with van der Waals surface area (Å²) in [6.07, 6.45) is 7.87. The van der Waals surface area contributed by atoms with Gasteiger partial charge >= 0.3 is 6.09 Å². The van der Waals surface area contributed by atoms with Crippen LogP contribution in [0.2, 0.25) is 0 Å². The van der Waals surface area contributed by atoms with Crippen molar-refractivity contribution in [2.24, 2.45) is 5.92 Å². The van der Waals surface area contributed by atoms with E-state index in [-0.39, 0.29) is 6.04 Å². The van der Waals surface area contributed by atoms with Gasteiger partial charge in [-0.25, -0.2) is 4.79 Å². The first-order valence-corrected chi connectivity index (χ1v) is 6.28. The molecule has 0 saturated heterocycles. The number of likely N-dealkylation sites (N-methyl/N-ethyl adjacent to an activating group) is 1. The summed E-state index contributed by atoms with van der Waals surface area (Å²) in [6.45, 7) is 0.981. The predicted molar refractivity (Wildman–Crippen MR) is 69.2 cm³/mol. The van der Waals surface area contributed by atoms with Crippen molar-refractivity contribution in [2.45, 2.75) is 31.7 Å². The fourth-order valence-corrected chi connectivity index (χ4v) is 2.30. The summed E-state index contributed by atoms with van der Waals surface area (Å²) in [4.78, 5) is 14.4. The van der Waals surface area contributed by atoms with Crippen LogP contribution in [0, 0.1) is 5.92 Å². The second-order valence-electron chi connectivity index (χ2n) is 5.15. The van der Waals surface area contributed by atoms with Crippen LogP contribution in [0.1, 0.15) is 25.7 Å². The highest BCUT2D eigenvalue weighted by molar-refractivity contribution is 5.64. The number of nitrogens with zero attached hydrogens (tertiary/aromatic N) is 2. The van der Waals surface area contributed by atoms with Gasteiger partial charge in [-0.3, -0.25) is 0 Å². The van der Waals surface area contributed by atoms with Crippen LogP contribution in [0.5, 0.6) is 0 Å². The number of amides is 1. The van der Waals surface area contributed by atoms with Crippen LogP contribution in [0.4, 0.5) is 4.79 Å². The smallest absolute Gasteiger partial charge is 0.407 e. The fraction of sp³-hybridized carbons (Fsp3) is 0.769. The molecule has 0 aromatic rings. The Morgan fingerprint density at radius 1 is 1.24 bits per heavy atom. The van der Waals surface area contributed by atoms with Crippen molar-refractivity contribution in [2.75, 3.05) is 27.7 Å². The van der Waals surface area contributed by atoms with E-state index in [1.54, 1.807) is 7.05 Å². The molecule has 1 aliphatic carbocycles. The number of carboxylic acid groups (broad SMARTS) is 1. The van der Waals surface area contributed by atoms with Gasteiger partial charge < -0.3 is 14.9 Å². The monoisotopic (exact) mass is 240 g/mol. The first-order chi connectivity index (χ1) is 8.00. The van der Waals surface area contributed by atoms with Crippen LogP contribution in [-0.4, -0.2) is 54.7 Å². The molecule has 1 aliphatic rings. The zero-order valence-electron chi connectivity index (χ0n) is 11.1. The van der Waals surface area contributed by atoms with E-state index >= 15 is 0 Å². The highest BCUT2D eigenvalue weighted by Crippen LogP contribution is 2.27. The summed E-state index contributed by atoms with van der Waals surface area (Å²) in [5.41, 5.74) is 0. The van der Waals surface area contributed by atoms with Crippen molar-refractivity contribution in [1.82, 2.24) is 9.80 Å². The lowest BCUT2D eigenvalue weighted by Gasteiger charge is -2.32. The first-order valence-electron chi connectivity index (χ1n) is 6.28. The number of hydrogen-bond donors (Lipinski definition) is 1. The van der Waals surface area contributed by atoms with E-state index in [1.165, 1.54) is 4.90 Å². The summed E-state index contributed by atoms with van der Waals surface area (Å²) >= 11 is 0. The van der Waals surface area contributed by atoms with E-state index in [2.05, 4.69) is 31.1 Å². The van der Waals surface area contributed by atoms with Gasteiger partial charge in [0.05, 0.1) is 0 Å². The molecule has 0 atom stereocenters. The Bertz CT molecular complexity index is 269. The molecule has 0 bridgehead atoms. The Morgan fingerprint density at radius 3 is 2.29 bits per heavy atom. The fourth-order valence-electron chi connectivity index (χ4n) is 2.30. The topological polar surface area (TPSA) is 43.8 Å². The van der Waals surface area contributed by atoms with Gasteiger partial charge in [0.2, 0.25) is 0 Å². The van der Waals surface area contributed by atoms with Crippen molar-refractivity contribution in [3.8, 4) is 0 Å². The molecule has 0 spiro atoms. The Hall–Kier alpha value is -1.03. The van der Waals surface area contributed by atoms with E-state index in [0.29, 0.717) is 5.92 Å². The average molecular weight is 240 g/mol. The normalized spacial score (nSPS) is 25.4. The third-order valence-corrected chi connectivity index (χ3v) is 3.47. The van der Waals surface area contributed by atoms with E-state index in [0.717, 1.165) is 32.2 Å². The summed E-state index contributed by atoms with van der Waals surface area (Å²) in [5, 5.41) is 8.91. The van der Waals surface area contributed by atoms with Crippen LogP contribution < -0.4 is 0 Å². The van der Waals surface area contributed by atoms with Gasteiger partial charge in [-0.05, 0) is 45.7 Å². The van der Waals surface area contributed by atoms with Gasteiger partial charge in [-0.1, -0.05) is 12.2 Å². The Labute approximate surface area is 104 Å². The molecule has 1 rings (SSSR count). The maximum Gasteiger partial charge on any atom is 0.407 e. The van der Waals surface area contributed by atoms with E-state index < -0.39 is 6.09 Å². The van der Waals surface area contributed by atoms with Gasteiger partial charge in [0.15, 0.2) is 0 Å². The number of allylic oxidation sites excluding steroid dienone is 1. The quantitative estimate of drug-likeness (QED) is 0.767. The third-order valence-electron chi connectivity index (χ3n) is 3.47. The first kappa shape index (κ1) is 14.0. The van der Waals surface area contributed by atoms with Crippen molar-refractivity contribution in [3.05, 3.63) is 12.2 Å². The van der Waals surface area contributed by atoms with E-state index in [9.17, 15) is 4.79 Å². The molecule has 0 aromatic carbocycles. The minimum atomic E-state index is -0.809. The molecule has 0 radical (unpaired) electrons. The maximum atomic E-state index is 10.8. The van der Waals surface area contributed by atoms with Crippen molar-refractivity contribution < 1.29 is 9.90 Å². The number of rotatable bonds is 4. The lowest BCUT2D eigenvalue weighted by molar-refractivity contribution is 0.122. The Kier molecular flexibility index (Phi) is 5.48. The second-order valence-corrected chi connectivity index (χ2v) is 5.15. The molecule has 98 valence electrons. The Morgan fingerprint density at radius 2 is 1.82 bits per heavy atom. The standard InChI is InChI=1S/C13H24N2O2/c1-14(2)10-4-5-11-6-8-12(9-7-11)15(3)13(16)17/h4-5,11-12H,6-10H2,1-3H3,(H,16,17). The van der Waals surface area contributed by atoms with Gasteiger partial charge in [-0.2, -0.15) is 0 Å². The molecular weight excluding hydrogens is 216 g/mol. The molecular formula is C13H24N2O2. The average Bonchev–Trinajstić information content (AvgIpc) is 2.28. The molecule has 1 fully saturated rings. The highest BCUT2D eigenvalue weighted by atomic mass is 16.4. The Balaban J connectivity index is 2.30. The van der Waals surface area contributed by atoms with Crippen molar-refractivity contribution >= 4 is 6.09 Å². The zero-order chi connectivity index (χ0) is 12.8. The van der Waals surface area contributed by atoms with Crippen LogP contribution in [0.3, 0.4) is 0 Å². The summed E-state index contributed by atoms with van der Waals surface area (Å²) < 4.78 is 0. The van der Waals surface area contributed by atoms with Crippen molar-refractivity contribution in [3.63, 3.8) is 0 Å². The van der Waals surface area contributed by atoms with Crippen LogP contribution in [0.15, 0.2) is 12.2 Å². The third kappa shape index (κ3) is 4.77. The summed E-state index contributed by atoms with van der Waals surface area (Å²) in [7, 11) is 5.79. The zero-order valence-corrected chi connectivity index (χ0v) is 11.1. The minimum absolute atomic E-state index is 0.214. The maximum absolute atomic E-state index is 10.8. The molecule has 0 aliphatic heterocycles. The minimum Gasteiger partial charge on any atom is -0.465 e. The van der Waals surface area contributed by atoms with E-state index in [4.69, 9.17) is 5.11 Å². The van der Waals surface area contributed by atoms with Crippen LogP contribution in [-0.2, 0) is 0 Å². The number of hydrogen-bond acceptors (Lipinski definition) is 2. The van der Waals surface area contributed by atoms with Gasteiger partial charge in [0.25, 0.3) is 0 Å². The molecule has 0 aromatic heterocycles. The molecule has 17 heavy (non-hydrogen) atoms. The summed E-state index contributed by atoms with van der Waals surface area (Å²) in [6, 6.07) is 0.214. The lowest BCUT2D eigenvalue weighted by atomic mass is 9.85. The molecule has 1 saturated carbocycles. The van der Waals surface area contributed by atoms with Gasteiger partial charge in [-0.15, -0.1) is 0 Å². The lowest BCUT2D eigenvalue weighted by Crippen LogP contribution is -2.38. The molecule has 1 N–H and O–H groups in total. The molecule has 0 heterocycles. The highest BCUT2D eigenvalue weighted by Gasteiger charge is 2.24. The summed E-state index contributed by atoms with van der Waals surface area (Å²) in [5.74, 6) is 0.633. The van der Waals surface area contributed by atoms with Gasteiger partial charge in [0.1, 0.15) is 0 Å². The SMILES string of the molecule is CN(C)CC=CC1CCC(N(C)C(=O)O)CC1. The number of carbonyl (C=O) groups is 1. The van der Waals surface area contributed by atoms with Gasteiger partial charge in [0, 0.05) is 19.6 Å². The van der Waals surface area contributed by atoms with E-state index in [1.807, 2.05) is 0 Å². The van der Waals surface area contributed by atoms with Crippen molar-refractivity contribution in [1.29, 1.82) is 0 Å². The molecule has 4 heteroatoms. The predicted octanol–water partition coefficient (Wildman–Crippen LogP) is 2.27. The second kappa shape index (κ2) is 6.64.